The first-order valence-corrected chi connectivity index (χ1v) is 11.9. The zero-order valence-electron chi connectivity index (χ0n) is 19.7. The van der Waals surface area contributed by atoms with Crippen LogP contribution in [0.2, 0.25) is 0 Å². The Hall–Kier alpha value is -3.13. The van der Waals surface area contributed by atoms with Gasteiger partial charge in [-0.3, -0.25) is 9.59 Å². The molecule has 0 unspecified atom stereocenters. The van der Waals surface area contributed by atoms with Crippen LogP contribution in [0.4, 0.5) is 0 Å². The van der Waals surface area contributed by atoms with Gasteiger partial charge in [0.25, 0.3) is 5.91 Å². The van der Waals surface area contributed by atoms with Crippen molar-refractivity contribution in [1.82, 2.24) is 20.1 Å². The second-order valence-corrected chi connectivity index (χ2v) is 9.03. The third-order valence-electron chi connectivity index (χ3n) is 5.32. The van der Waals surface area contributed by atoms with Gasteiger partial charge in [-0.2, -0.15) is 0 Å². The molecule has 0 aliphatic rings. The zero-order chi connectivity index (χ0) is 24.0. The van der Waals surface area contributed by atoms with Gasteiger partial charge >= 0.3 is 0 Å². The number of thioether (sulfide) groups is 1. The van der Waals surface area contributed by atoms with Gasteiger partial charge in [-0.05, 0) is 56.2 Å². The number of Topliss-reactive ketones (excluding diaryl/α,β-unsaturated/α-hetero) is 1. The van der Waals surface area contributed by atoms with Crippen molar-refractivity contribution in [2.45, 2.75) is 45.4 Å². The third kappa shape index (κ3) is 6.01. The number of hydrogen-bond acceptors (Lipinski definition) is 6. The molecule has 0 aliphatic carbocycles. The monoisotopic (exact) mass is 466 g/mol. The lowest BCUT2D eigenvalue weighted by Gasteiger charge is -2.22. The summed E-state index contributed by atoms with van der Waals surface area (Å²) in [6, 6.07) is 14.2. The molecule has 0 saturated heterocycles. The molecule has 2 aromatic carbocycles. The number of nitrogens with zero attached hydrogens (tertiary/aromatic N) is 3. The molecule has 0 radical (unpaired) electrons. The minimum atomic E-state index is -0.308. The Morgan fingerprint density at radius 2 is 1.82 bits per heavy atom. The fraction of sp³-hybridized carbons (Fsp3) is 0.360. The Morgan fingerprint density at radius 1 is 1.09 bits per heavy atom. The molecule has 1 N–H and O–H groups in total. The van der Waals surface area contributed by atoms with Gasteiger partial charge in [0.15, 0.2) is 16.8 Å². The second kappa shape index (κ2) is 11.1. The van der Waals surface area contributed by atoms with Crippen LogP contribution in [-0.4, -0.2) is 39.3 Å². The average Bonchev–Trinajstić information content (AvgIpc) is 3.23. The van der Waals surface area contributed by atoms with Crippen molar-refractivity contribution in [3.63, 3.8) is 0 Å². The van der Waals surface area contributed by atoms with Gasteiger partial charge < -0.3 is 14.6 Å². The second-order valence-electron chi connectivity index (χ2n) is 8.09. The number of methoxy groups -OCH3 is 1. The van der Waals surface area contributed by atoms with E-state index in [1.54, 1.807) is 37.4 Å². The van der Waals surface area contributed by atoms with Gasteiger partial charge in [-0.25, -0.2) is 0 Å². The fourth-order valence-corrected chi connectivity index (χ4v) is 4.37. The number of hydrogen-bond donors (Lipinski definition) is 1. The highest BCUT2D eigenvalue weighted by atomic mass is 32.2. The Morgan fingerprint density at radius 3 is 2.42 bits per heavy atom. The van der Waals surface area contributed by atoms with E-state index in [1.165, 1.54) is 11.8 Å². The van der Waals surface area contributed by atoms with E-state index in [1.807, 2.05) is 50.5 Å². The van der Waals surface area contributed by atoms with Crippen molar-refractivity contribution in [3.05, 3.63) is 71.0 Å². The van der Waals surface area contributed by atoms with Crippen LogP contribution in [0.15, 0.2) is 53.7 Å². The normalized spacial score (nSPS) is 11.9. The molecule has 0 aliphatic heterocycles. The van der Waals surface area contributed by atoms with Gasteiger partial charge in [0.1, 0.15) is 5.75 Å². The summed E-state index contributed by atoms with van der Waals surface area (Å²) in [5.41, 5.74) is 2.26. The quantitative estimate of drug-likeness (QED) is 0.344. The topological polar surface area (TPSA) is 86.1 Å². The zero-order valence-corrected chi connectivity index (χ0v) is 20.5. The van der Waals surface area contributed by atoms with Crippen molar-refractivity contribution in [1.29, 1.82) is 0 Å². The summed E-state index contributed by atoms with van der Waals surface area (Å²) in [5, 5.41) is 12.5. The number of ketones is 1. The van der Waals surface area contributed by atoms with E-state index < -0.39 is 0 Å². The lowest BCUT2D eigenvalue weighted by Crippen LogP contribution is -2.33. The minimum absolute atomic E-state index is 0.00279. The standard InChI is InChI=1S/C25H30N4O3S/c1-6-29-23(22(16(2)3)26-24(31)19-9-7-8-17(4)14-19)27-28-25(29)33-15-21(30)18-10-12-20(32-5)13-11-18/h7-14,16,22H,6,15H2,1-5H3,(H,26,31)/t22-/m1/s1. The molecule has 0 saturated carbocycles. The van der Waals surface area contributed by atoms with Crippen LogP contribution in [0.25, 0.3) is 0 Å². The summed E-state index contributed by atoms with van der Waals surface area (Å²) in [6.07, 6.45) is 0. The van der Waals surface area contributed by atoms with E-state index in [-0.39, 0.29) is 29.4 Å². The van der Waals surface area contributed by atoms with E-state index in [2.05, 4.69) is 15.5 Å². The van der Waals surface area contributed by atoms with Crippen LogP contribution in [0, 0.1) is 12.8 Å². The first kappa shape index (κ1) is 24.5. The van der Waals surface area contributed by atoms with Crippen LogP contribution < -0.4 is 10.1 Å². The van der Waals surface area contributed by atoms with Crippen LogP contribution >= 0.6 is 11.8 Å². The smallest absolute Gasteiger partial charge is 0.251 e. The molecule has 1 aromatic heterocycles. The number of rotatable bonds is 10. The summed E-state index contributed by atoms with van der Waals surface area (Å²) >= 11 is 1.35. The lowest BCUT2D eigenvalue weighted by molar-refractivity contribution is 0.0921. The van der Waals surface area contributed by atoms with Gasteiger partial charge in [-0.1, -0.05) is 43.3 Å². The van der Waals surface area contributed by atoms with E-state index >= 15 is 0 Å². The Balaban J connectivity index is 1.75. The molecule has 1 amide bonds. The number of nitrogens with one attached hydrogen (secondary N) is 1. The van der Waals surface area contributed by atoms with Crippen molar-refractivity contribution in [2.75, 3.05) is 12.9 Å². The lowest BCUT2D eigenvalue weighted by atomic mass is 10.0. The third-order valence-corrected chi connectivity index (χ3v) is 6.28. The van der Waals surface area contributed by atoms with Gasteiger partial charge in [0, 0.05) is 17.7 Å². The van der Waals surface area contributed by atoms with Crippen molar-refractivity contribution in [2.24, 2.45) is 5.92 Å². The molecular weight excluding hydrogens is 436 g/mol. The average molecular weight is 467 g/mol. The first-order chi connectivity index (χ1) is 15.8. The van der Waals surface area contributed by atoms with E-state index in [0.717, 1.165) is 5.56 Å². The predicted octanol–water partition coefficient (Wildman–Crippen LogP) is 4.72. The highest BCUT2D eigenvalue weighted by Crippen LogP contribution is 2.26. The maximum absolute atomic E-state index is 12.9. The molecule has 0 spiro atoms. The Labute approximate surface area is 198 Å². The van der Waals surface area contributed by atoms with Crippen LogP contribution in [0.3, 0.4) is 0 Å². The van der Waals surface area contributed by atoms with Crippen LogP contribution in [0.5, 0.6) is 5.75 Å². The molecular formula is C25H30N4O3S. The van der Waals surface area contributed by atoms with E-state index in [9.17, 15) is 9.59 Å². The largest absolute Gasteiger partial charge is 0.497 e. The van der Waals surface area contributed by atoms with E-state index in [0.29, 0.717) is 34.4 Å². The highest BCUT2D eigenvalue weighted by Gasteiger charge is 2.26. The van der Waals surface area contributed by atoms with Crippen molar-refractivity contribution >= 4 is 23.5 Å². The minimum Gasteiger partial charge on any atom is -0.497 e. The summed E-state index contributed by atoms with van der Waals surface area (Å²) in [4.78, 5) is 25.5. The summed E-state index contributed by atoms with van der Waals surface area (Å²) in [5.74, 6) is 1.60. The molecule has 33 heavy (non-hydrogen) atoms. The SMILES string of the molecule is CCn1c(SCC(=O)c2ccc(OC)cc2)nnc1[C@H](NC(=O)c1cccc(C)c1)C(C)C. The van der Waals surface area contributed by atoms with Crippen LogP contribution in [0.1, 0.15) is 58.9 Å². The Bertz CT molecular complexity index is 1110. The van der Waals surface area contributed by atoms with Crippen LogP contribution in [-0.2, 0) is 6.54 Å². The van der Waals surface area contributed by atoms with Crippen molar-refractivity contribution < 1.29 is 14.3 Å². The number of amides is 1. The molecule has 174 valence electrons. The Kier molecular flexibility index (Phi) is 8.27. The molecule has 7 nitrogen and oxygen atoms in total. The van der Waals surface area contributed by atoms with Gasteiger partial charge in [0.05, 0.1) is 18.9 Å². The first-order valence-electron chi connectivity index (χ1n) is 10.9. The number of aryl methyl sites for hydroxylation is 1. The van der Waals surface area contributed by atoms with Crippen molar-refractivity contribution in [3.8, 4) is 5.75 Å². The number of aromatic nitrogens is 3. The molecule has 8 heteroatoms. The van der Waals surface area contributed by atoms with Gasteiger partial charge in [-0.15, -0.1) is 10.2 Å². The molecule has 0 fully saturated rings. The van der Waals surface area contributed by atoms with E-state index in [4.69, 9.17) is 4.74 Å². The maximum atomic E-state index is 12.9. The molecule has 3 aromatic rings. The summed E-state index contributed by atoms with van der Waals surface area (Å²) in [6.45, 7) is 8.67. The molecule has 3 rings (SSSR count). The predicted molar refractivity (Wildman–Crippen MR) is 130 cm³/mol. The molecule has 1 atom stereocenters. The number of ether oxygens (including phenoxy) is 1. The number of carbonyl (C=O) groups is 2. The summed E-state index contributed by atoms with van der Waals surface area (Å²) < 4.78 is 7.11. The fourth-order valence-electron chi connectivity index (χ4n) is 3.46. The number of benzene rings is 2. The molecule has 0 bridgehead atoms. The summed E-state index contributed by atoms with van der Waals surface area (Å²) in [7, 11) is 1.59. The maximum Gasteiger partial charge on any atom is 0.251 e. The highest BCUT2D eigenvalue weighted by molar-refractivity contribution is 7.99. The van der Waals surface area contributed by atoms with Gasteiger partial charge in [0.2, 0.25) is 0 Å². The number of carbonyl (C=O) groups excluding carboxylic acids is 2. The molecule has 1 heterocycles.